The summed E-state index contributed by atoms with van der Waals surface area (Å²) >= 11 is 0. The maximum Gasteiger partial charge on any atom is 0.137 e. The van der Waals surface area contributed by atoms with Gasteiger partial charge in [0.15, 0.2) is 0 Å². The SMILES string of the molecule is CC1=CCC[C@H](C)[C@H]1c1c(C)nn(-c2cc(Oc3ccc4c5ccccc5n(-c5cc(CC(C)C)ccn5)c4c3)cc(C(C)(C)C)c2)c1-c1ccccc1. The van der Waals surface area contributed by atoms with Crippen LogP contribution in [-0.2, 0) is 11.8 Å². The Hall–Kier alpha value is -5.42. The molecule has 0 unspecified atom stereocenters. The van der Waals surface area contributed by atoms with Crippen molar-refractivity contribution in [2.24, 2.45) is 11.8 Å². The van der Waals surface area contributed by atoms with Gasteiger partial charge in [-0.15, -0.1) is 0 Å². The summed E-state index contributed by atoms with van der Waals surface area (Å²) in [6.45, 7) is 18.2. The van der Waals surface area contributed by atoms with Crippen molar-refractivity contribution in [3.05, 3.63) is 143 Å². The van der Waals surface area contributed by atoms with Crippen LogP contribution in [-0.4, -0.2) is 19.3 Å². The van der Waals surface area contributed by atoms with Crippen LogP contribution in [0.3, 0.4) is 0 Å². The minimum Gasteiger partial charge on any atom is -0.457 e. The number of benzene rings is 4. The molecule has 0 aliphatic heterocycles. The molecule has 4 aromatic carbocycles. The molecule has 3 heterocycles. The van der Waals surface area contributed by atoms with Crippen LogP contribution < -0.4 is 4.74 Å². The van der Waals surface area contributed by atoms with Gasteiger partial charge in [-0.1, -0.05) is 102 Å². The third-order valence-electron chi connectivity index (χ3n) is 11.2. The summed E-state index contributed by atoms with van der Waals surface area (Å²) < 4.78 is 11.3. The van der Waals surface area contributed by atoms with Crippen LogP contribution >= 0.6 is 0 Å². The largest absolute Gasteiger partial charge is 0.457 e. The third kappa shape index (κ3) is 6.66. The van der Waals surface area contributed by atoms with Gasteiger partial charge in [-0.25, -0.2) is 9.67 Å². The predicted octanol–water partition coefficient (Wildman–Crippen LogP) is 13.1. The number of allylic oxidation sites excluding steroid dienone is 2. The monoisotopic (exact) mass is 712 g/mol. The molecule has 3 aromatic heterocycles. The Morgan fingerprint density at radius 2 is 1.57 bits per heavy atom. The summed E-state index contributed by atoms with van der Waals surface area (Å²) in [6.07, 6.45) is 7.69. The van der Waals surface area contributed by atoms with Gasteiger partial charge >= 0.3 is 0 Å². The van der Waals surface area contributed by atoms with Crippen LogP contribution in [0.1, 0.15) is 89.6 Å². The molecule has 274 valence electrons. The van der Waals surface area contributed by atoms with Crippen LogP contribution in [0.25, 0.3) is 44.6 Å². The Bertz CT molecular complexity index is 2510. The molecule has 0 saturated carbocycles. The number of hydrogen-bond donors (Lipinski definition) is 0. The molecular weight excluding hydrogens is 661 g/mol. The second-order valence-electron chi connectivity index (χ2n) is 16.8. The zero-order valence-electron chi connectivity index (χ0n) is 33.0. The van der Waals surface area contributed by atoms with Crippen molar-refractivity contribution in [2.75, 3.05) is 0 Å². The van der Waals surface area contributed by atoms with Crippen LogP contribution in [0.4, 0.5) is 0 Å². The first-order valence-electron chi connectivity index (χ1n) is 19.6. The number of aryl methyl sites for hydroxylation is 1. The number of fused-ring (bicyclic) bond motifs is 3. The molecule has 8 rings (SSSR count). The number of pyridine rings is 1. The molecule has 0 amide bonds. The van der Waals surface area contributed by atoms with Crippen molar-refractivity contribution in [3.8, 4) is 34.3 Å². The molecule has 7 aromatic rings. The highest BCUT2D eigenvalue weighted by Crippen LogP contribution is 2.45. The molecule has 5 heteroatoms. The molecular formula is C49H52N4O. The zero-order chi connectivity index (χ0) is 37.7. The van der Waals surface area contributed by atoms with Gasteiger partial charge in [0, 0.05) is 46.1 Å². The highest BCUT2D eigenvalue weighted by atomic mass is 16.5. The van der Waals surface area contributed by atoms with E-state index in [1.54, 1.807) is 0 Å². The van der Waals surface area contributed by atoms with E-state index in [0.717, 1.165) is 58.3 Å². The maximum atomic E-state index is 6.90. The van der Waals surface area contributed by atoms with E-state index in [0.29, 0.717) is 17.8 Å². The van der Waals surface area contributed by atoms with Gasteiger partial charge in [0.05, 0.1) is 28.1 Å². The Morgan fingerprint density at radius 1 is 0.815 bits per heavy atom. The number of ether oxygens (including phenoxy) is 1. The van der Waals surface area contributed by atoms with E-state index in [1.807, 2.05) is 6.20 Å². The summed E-state index contributed by atoms with van der Waals surface area (Å²) in [4.78, 5) is 4.88. The van der Waals surface area contributed by atoms with Crippen molar-refractivity contribution >= 4 is 21.8 Å². The lowest BCUT2D eigenvalue weighted by Gasteiger charge is -2.30. The van der Waals surface area contributed by atoms with Crippen molar-refractivity contribution < 1.29 is 4.74 Å². The van der Waals surface area contributed by atoms with Crippen LogP contribution in [0.5, 0.6) is 11.5 Å². The van der Waals surface area contributed by atoms with E-state index in [1.165, 1.54) is 45.0 Å². The highest BCUT2D eigenvalue weighted by molar-refractivity contribution is 6.09. The van der Waals surface area contributed by atoms with Crippen molar-refractivity contribution in [2.45, 2.75) is 86.0 Å². The fourth-order valence-corrected chi connectivity index (χ4v) is 8.58. The molecule has 1 aliphatic carbocycles. The summed E-state index contributed by atoms with van der Waals surface area (Å²) in [6, 6.07) is 36.8. The lowest BCUT2D eigenvalue weighted by Crippen LogP contribution is -2.16. The normalized spacial score (nSPS) is 16.4. The second-order valence-corrected chi connectivity index (χ2v) is 16.8. The van der Waals surface area contributed by atoms with Gasteiger partial charge in [-0.05, 0) is 104 Å². The number of hydrogen-bond acceptors (Lipinski definition) is 3. The summed E-state index contributed by atoms with van der Waals surface area (Å²) in [7, 11) is 0. The average Bonchev–Trinajstić information content (AvgIpc) is 3.65. The van der Waals surface area contributed by atoms with Gasteiger partial charge in [-0.2, -0.15) is 5.10 Å². The van der Waals surface area contributed by atoms with Crippen LogP contribution in [0.15, 0.2) is 121 Å². The third-order valence-corrected chi connectivity index (χ3v) is 11.2. The maximum absolute atomic E-state index is 6.90. The predicted molar refractivity (Wildman–Crippen MR) is 225 cm³/mol. The number of para-hydroxylation sites is 1. The smallest absolute Gasteiger partial charge is 0.137 e. The van der Waals surface area contributed by atoms with Crippen LogP contribution in [0.2, 0.25) is 0 Å². The Labute approximate surface area is 320 Å². The average molecular weight is 713 g/mol. The number of aromatic nitrogens is 4. The Morgan fingerprint density at radius 3 is 2.33 bits per heavy atom. The fraction of sp³-hybridized carbons (Fsp3) is 0.306. The summed E-state index contributed by atoms with van der Waals surface area (Å²) in [5, 5.41) is 7.70. The summed E-state index contributed by atoms with van der Waals surface area (Å²) in [5.41, 5.74) is 11.7. The van der Waals surface area contributed by atoms with Crippen molar-refractivity contribution in [1.29, 1.82) is 0 Å². The van der Waals surface area contributed by atoms with Crippen LogP contribution in [0, 0.1) is 18.8 Å². The Balaban J connectivity index is 1.28. The first-order chi connectivity index (χ1) is 26.0. The van der Waals surface area contributed by atoms with E-state index in [-0.39, 0.29) is 5.41 Å². The van der Waals surface area contributed by atoms with Crippen molar-refractivity contribution in [3.63, 3.8) is 0 Å². The first-order valence-corrected chi connectivity index (χ1v) is 19.6. The molecule has 2 atom stereocenters. The van der Waals surface area contributed by atoms with E-state index in [2.05, 4.69) is 174 Å². The lowest BCUT2D eigenvalue weighted by molar-refractivity contribution is 0.449. The molecule has 0 spiro atoms. The van der Waals surface area contributed by atoms with Gasteiger partial charge < -0.3 is 4.74 Å². The number of nitrogens with zero attached hydrogens (tertiary/aromatic N) is 4. The van der Waals surface area contributed by atoms with Gasteiger partial charge in [0.1, 0.15) is 17.3 Å². The summed E-state index contributed by atoms with van der Waals surface area (Å²) in [5.74, 6) is 3.90. The van der Waals surface area contributed by atoms with E-state index in [9.17, 15) is 0 Å². The standard InChI is InChI=1S/C49H52N4O/c1-31(2)25-35-23-24-50-45(26-35)52-43-20-13-12-19-41(43)42-22-21-39(30-44(42)52)54-40-28-37(49(6,7)8)27-38(29-40)53-48(36-17-10-9-11-18-36)47(34(5)51-53)46-32(3)15-14-16-33(46)4/h9-13,15,17-24,26-31,33,46H,14,16,25H2,1-8H3/t33-,46-/m0/s1. The minimum absolute atomic E-state index is 0.119. The van der Waals surface area contributed by atoms with E-state index in [4.69, 9.17) is 14.8 Å². The highest BCUT2D eigenvalue weighted by Gasteiger charge is 2.32. The quantitative estimate of drug-likeness (QED) is 0.147. The van der Waals surface area contributed by atoms with Gasteiger partial charge in [0.25, 0.3) is 0 Å². The molecule has 5 nitrogen and oxygen atoms in total. The minimum atomic E-state index is -0.119. The zero-order valence-corrected chi connectivity index (χ0v) is 33.0. The van der Waals surface area contributed by atoms with E-state index >= 15 is 0 Å². The molecule has 0 fully saturated rings. The Kier molecular flexibility index (Phi) is 9.29. The molecule has 1 aliphatic rings. The number of rotatable bonds is 8. The lowest BCUT2D eigenvalue weighted by atomic mass is 9.74. The van der Waals surface area contributed by atoms with Gasteiger partial charge in [0.2, 0.25) is 0 Å². The topological polar surface area (TPSA) is 44.9 Å². The van der Waals surface area contributed by atoms with E-state index < -0.39 is 0 Å². The molecule has 0 N–H and O–H groups in total. The fourth-order valence-electron chi connectivity index (χ4n) is 8.58. The molecule has 0 saturated heterocycles. The second kappa shape index (κ2) is 14.1. The first kappa shape index (κ1) is 35.6. The van der Waals surface area contributed by atoms with Crippen molar-refractivity contribution in [1.82, 2.24) is 19.3 Å². The molecule has 54 heavy (non-hydrogen) atoms. The van der Waals surface area contributed by atoms with Gasteiger partial charge in [-0.3, -0.25) is 4.57 Å². The molecule has 0 bridgehead atoms. The molecule has 0 radical (unpaired) electrons.